The van der Waals surface area contributed by atoms with Crippen molar-refractivity contribution in [3.05, 3.63) is 35.9 Å². The lowest BCUT2D eigenvalue weighted by atomic mass is 9.91. The average molecular weight is 283 g/mol. The number of nitrogens with zero attached hydrogens (tertiary/aromatic N) is 2. The molecule has 0 amide bonds. The summed E-state index contributed by atoms with van der Waals surface area (Å²) in [5.74, 6) is 1.87. The fourth-order valence-corrected chi connectivity index (χ4v) is 3.37. The van der Waals surface area contributed by atoms with E-state index in [1.54, 1.807) is 0 Å². The minimum Gasteiger partial charge on any atom is -0.353 e. The zero-order valence-electron chi connectivity index (χ0n) is 13.0. The first kappa shape index (κ1) is 14.3. The third kappa shape index (κ3) is 2.75. The number of benzene rings is 1. The van der Waals surface area contributed by atoms with Gasteiger partial charge in [0.15, 0.2) is 0 Å². The maximum absolute atomic E-state index is 5.82. The molecular formula is C18H25N3. The Morgan fingerprint density at radius 3 is 2.90 bits per heavy atom. The van der Waals surface area contributed by atoms with Gasteiger partial charge in [-0.1, -0.05) is 25.1 Å². The highest BCUT2D eigenvalue weighted by Crippen LogP contribution is 2.31. The van der Waals surface area contributed by atoms with Crippen molar-refractivity contribution in [2.75, 3.05) is 18.0 Å². The molecule has 2 aromatic rings. The Morgan fingerprint density at radius 1 is 1.29 bits per heavy atom. The lowest BCUT2D eigenvalue weighted by Crippen LogP contribution is -2.43. The minimum absolute atomic E-state index is 0.545. The molecular weight excluding hydrogens is 258 g/mol. The van der Waals surface area contributed by atoms with Crippen molar-refractivity contribution >= 4 is 16.7 Å². The summed E-state index contributed by atoms with van der Waals surface area (Å²) < 4.78 is 0. The molecule has 0 aliphatic carbocycles. The molecule has 1 fully saturated rings. The summed E-state index contributed by atoms with van der Waals surface area (Å²) in [7, 11) is 0. The van der Waals surface area contributed by atoms with E-state index in [4.69, 9.17) is 10.7 Å². The highest BCUT2D eigenvalue weighted by atomic mass is 15.2. The molecule has 2 unspecified atom stereocenters. The van der Waals surface area contributed by atoms with Crippen LogP contribution < -0.4 is 10.6 Å². The van der Waals surface area contributed by atoms with Crippen LogP contribution >= 0.6 is 0 Å². The minimum atomic E-state index is 0.545. The SMILES string of the molecule is CC1CCCN(c2nc3ccccc3cc2CCN)C1C. The molecule has 2 N–H and O–H groups in total. The van der Waals surface area contributed by atoms with Crippen LogP contribution in [0.2, 0.25) is 0 Å². The monoisotopic (exact) mass is 283 g/mol. The molecule has 1 aliphatic heterocycles. The molecule has 3 rings (SSSR count). The third-order valence-electron chi connectivity index (χ3n) is 4.84. The quantitative estimate of drug-likeness (QED) is 0.939. The van der Waals surface area contributed by atoms with Crippen molar-refractivity contribution in [3.8, 4) is 0 Å². The van der Waals surface area contributed by atoms with Gasteiger partial charge in [0.25, 0.3) is 0 Å². The largest absolute Gasteiger partial charge is 0.353 e. The van der Waals surface area contributed by atoms with Gasteiger partial charge in [0.1, 0.15) is 5.82 Å². The molecule has 2 heterocycles. The predicted molar refractivity (Wildman–Crippen MR) is 89.7 cm³/mol. The van der Waals surface area contributed by atoms with Crippen LogP contribution in [0.1, 0.15) is 32.3 Å². The molecule has 3 heteroatoms. The normalized spacial score (nSPS) is 22.7. The number of anilines is 1. The molecule has 1 aromatic heterocycles. The summed E-state index contributed by atoms with van der Waals surface area (Å²) in [4.78, 5) is 7.46. The van der Waals surface area contributed by atoms with Crippen molar-refractivity contribution in [1.29, 1.82) is 0 Å². The van der Waals surface area contributed by atoms with Crippen LogP contribution in [-0.4, -0.2) is 24.1 Å². The van der Waals surface area contributed by atoms with Crippen molar-refractivity contribution < 1.29 is 0 Å². The summed E-state index contributed by atoms with van der Waals surface area (Å²) in [5, 5.41) is 1.21. The van der Waals surface area contributed by atoms with Crippen LogP contribution in [-0.2, 0) is 6.42 Å². The predicted octanol–water partition coefficient (Wildman–Crippen LogP) is 3.36. The summed E-state index contributed by atoms with van der Waals surface area (Å²) in [6, 6.07) is 11.2. The van der Waals surface area contributed by atoms with Crippen molar-refractivity contribution in [2.24, 2.45) is 11.7 Å². The van der Waals surface area contributed by atoms with Gasteiger partial charge in [0.05, 0.1) is 5.52 Å². The van der Waals surface area contributed by atoms with Gasteiger partial charge in [-0.3, -0.25) is 0 Å². The van der Waals surface area contributed by atoms with Crippen LogP contribution in [0.5, 0.6) is 0 Å². The van der Waals surface area contributed by atoms with Crippen LogP contribution in [0.4, 0.5) is 5.82 Å². The first-order valence-electron chi connectivity index (χ1n) is 8.06. The fraction of sp³-hybridized carbons (Fsp3) is 0.500. The second-order valence-electron chi connectivity index (χ2n) is 6.26. The zero-order chi connectivity index (χ0) is 14.8. The standard InChI is InChI=1S/C18H25N3/c1-13-6-5-11-21(14(13)2)18-16(9-10-19)12-15-7-3-4-8-17(15)20-18/h3-4,7-8,12-14H,5-6,9-11,19H2,1-2H3. The lowest BCUT2D eigenvalue weighted by molar-refractivity contribution is 0.361. The average Bonchev–Trinajstić information content (AvgIpc) is 2.50. The van der Waals surface area contributed by atoms with Crippen molar-refractivity contribution in [3.63, 3.8) is 0 Å². The Bertz CT molecular complexity index is 623. The van der Waals surface area contributed by atoms with Gasteiger partial charge < -0.3 is 10.6 Å². The molecule has 0 bridgehead atoms. The van der Waals surface area contributed by atoms with E-state index >= 15 is 0 Å². The highest BCUT2D eigenvalue weighted by Gasteiger charge is 2.27. The van der Waals surface area contributed by atoms with Crippen LogP contribution in [0.25, 0.3) is 10.9 Å². The van der Waals surface area contributed by atoms with Gasteiger partial charge in [0, 0.05) is 18.0 Å². The van der Waals surface area contributed by atoms with E-state index in [9.17, 15) is 0 Å². The molecule has 1 saturated heterocycles. The third-order valence-corrected chi connectivity index (χ3v) is 4.84. The maximum Gasteiger partial charge on any atom is 0.132 e. The van der Waals surface area contributed by atoms with E-state index in [0.29, 0.717) is 12.6 Å². The van der Waals surface area contributed by atoms with Gasteiger partial charge in [-0.15, -0.1) is 0 Å². The number of piperidine rings is 1. The molecule has 0 spiro atoms. The maximum atomic E-state index is 5.82. The molecule has 2 atom stereocenters. The number of fused-ring (bicyclic) bond motifs is 1. The molecule has 1 aliphatic rings. The van der Waals surface area contributed by atoms with E-state index in [2.05, 4.69) is 49.1 Å². The van der Waals surface area contributed by atoms with Gasteiger partial charge in [0.2, 0.25) is 0 Å². The van der Waals surface area contributed by atoms with E-state index in [1.807, 2.05) is 0 Å². The first-order chi connectivity index (χ1) is 10.2. The van der Waals surface area contributed by atoms with E-state index in [0.717, 1.165) is 30.2 Å². The van der Waals surface area contributed by atoms with Gasteiger partial charge in [-0.25, -0.2) is 4.98 Å². The van der Waals surface area contributed by atoms with Crippen LogP contribution in [0.3, 0.4) is 0 Å². The van der Waals surface area contributed by atoms with Gasteiger partial charge in [-0.2, -0.15) is 0 Å². The van der Waals surface area contributed by atoms with Crippen LogP contribution in [0.15, 0.2) is 30.3 Å². The summed E-state index contributed by atoms with van der Waals surface area (Å²) in [6.45, 7) is 6.45. The molecule has 21 heavy (non-hydrogen) atoms. The van der Waals surface area contributed by atoms with Crippen molar-refractivity contribution in [2.45, 2.75) is 39.2 Å². The van der Waals surface area contributed by atoms with E-state index in [1.165, 1.54) is 23.8 Å². The molecule has 0 radical (unpaired) electrons. The lowest BCUT2D eigenvalue weighted by Gasteiger charge is -2.39. The van der Waals surface area contributed by atoms with Gasteiger partial charge in [-0.05, 0) is 56.3 Å². The van der Waals surface area contributed by atoms with Crippen LogP contribution in [0, 0.1) is 5.92 Å². The number of rotatable bonds is 3. The number of aromatic nitrogens is 1. The Morgan fingerprint density at radius 2 is 2.10 bits per heavy atom. The number of para-hydroxylation sites is 1. The Balaban J connectivity index is 2.08. The second-order valence-corrected chi connectivity index (χ2v) is 6.26. The number of nitrogens with two attached hydrogens (primary N) is 1. The smallest absolute Gasteiger partial charge is 0.132 e. The highest BCUT2D eigenvalue weighted by molar-refractivity contribution is 5.82. The second kappa shape index (κ2) is 6.02. The summed E-state index contributed by atoms with van der Waals surface area (Å²) in [5.41, 5.74) is 8.19. The molecule has 1 aromatic carbocycles. The first-order valence-corrected chi connectivity index (χ1v) is 8.06. The fourth-order valence-electron chi connectivity index (χ4n) is 3.37. The molecule has 0 saturated carbocycles. The summed E-state index contributed by atoms with van der Waals surface area (Å²) in [6.07, 6.45) is 3.46. The van der Waals surface area contributed by atoms with E-state index < -0.39 is 0 Å². The van der Waals surface area contributed by atoms with Crippen molar-refractivity contribution in [1.82, 2.24) is 4.98 Å². The van der Waals surface area contributed by atoms with E-state index in [-0.39, 0.29) is 0 Å². The zero-order valence-corrected chi connectivity index (χ0v) is 13.0. The number of pyridine rings is 1. The topological polar surface area (TPSA) is 42.2 Å². The molecule has 112 valence electrons. The Labute approximate surface area is 127 Å². The summed E-state index contributed by atoms with van der Waals surface area (Å²) >= 11 is 0. The Kier molecular flexibility index (Phi) is 4.11. The Hall–Kier alpha value is -1.61. The number of hydrogen-bond donors (Lipinski definition) is 1. The van der Waals surface area contributed by atoms with Gasteiger partial charge >= 0.3 is 0 Å². The number of hydrogen-bond acceptors (Lipinski definition) is 3. The molecule has 3 nitrogen and oxygen atoms in total.